The maximum atomic E-state index is 11.7. The van der Waals surface area contributed by atoms with Gasteiger partial charge in [-0.15, -0.1) is 0 Å². The molecule has 0 spiro atoms. The number of benzene rings is 1. The number of ether oxygens (including phenoxy) is 1. The molecule has 0 amide bonds. The third kappa shape index (κ3) is 3.35. The van der Waals surface area contributed by atoms with Gasteiger partial charge < -0.3 is 9.22 Å². The number of esters is 1. The molecule has 1 atom stereocenters. The van der Waals surface area contributed by atoms with Crippen LogP contribution in [0.5, 0.6) is 0 Å². The molecule has 1 aromatic carbocycles. The van der Waals surface area contributed by atoms with Crippen molar-refractivity contribution < 1.29 is 14.0 Å². The van der Waals surface area contributed by atoms with Crippen LogP contribution in [0.2, 0.25) is 0 Å². The van der Waals surface area contributed by atoms with Gasteiger partial charge in [-0.1, -0.05) is 30.3 Å². The van der Waals surface area contributed by atoms with Gasteiger partial charge in [-0.3, -0.25) is 0 Å². The number of nitrogens with zero attached hydrogens (tertiary/aromatic N) is 1. The molecule has 1 aromatic rings. The maximum Gasteiger partial charge on any atom is 0.365 e. The Morgan fingerprint density at radius 2 is 1.81 bits per heavy atom. The van der Waals surface area contributed by atoms with Gasteiger partial charge in [0.25, 0.3) is 0 Å². The summed E-state index contributed by atoms with van der Waals surface area (Å²) in [7, 11) is 7.45. The summed E-state index contributed by atoms with van der Waals surface area (Å²) in [5, 5.41) is 0. The molecule has 0 bridgehead atoms. The summed E-state index contributed by atoms with van der Waals surface area (Å²) in [4.78, 5) is 11.7. The fraction of sp³-hybridized carbons (Fsp3) is 0.462. The normalized spacial score (nSPS) is 13.2. The van der Waals surface area contributed by atoms with E-state index in [1.54, 1.807) is 0 Å². The summed E-state index contributed by atoms with van der Waals surface area (Å²) in [5.74, 6) is -0.156. The largest absolute Gasteiger partial charge is 0.465 e. The van der Waals surface area contributed by atoms with Crippen molar-refractivity contribution in [3.63, 3.8) is 0 Å². The standard InChI is InChI=1S/C13H20NO2/c1-14(2,3)12(13(15)16-4)10-11-8-6-5-7-9-11/h5-9,12H,10H2,1-4H3/q+1/t12-/m0/s1. The van der Waals surface area contributed by atoms with Crippen LogP contribution in [0.15, 0.2) is 30.3 Å². The summed E-state index contributed by atoms with van der Waals surface area (Å²) in [6.07, 6.45) is 0.705. The maximum absolute atomic E-state index is 11.7. The van der Waals surface area contributed by atoms with E-state index < -0.39 is 0 Å². The number of quaternary nitrogens is 1. The second-order valence-electron chi connectivity index (χ2n) is 4.84. The van der Waals surface area contributed by atoms with Crippen LogP contribution in [0.3, 0.4) is 0 Å². The van der Waals surface area contributed by atoms with Crippen LogP contribution < -0.4 is 0 Å². The molecule has 0 heterocycles. The van der Waals surface area contributed by atoms with E-state index in [4.69, 9.17) is 4.74 Å². The molecule has 16 heavy (non-hydrogen) atoms. The first-order valence-electron chi connectivity index (χ1n) is 5.38. The predicted octanol–water partition coefficient (Wildman–Crippen LogP) is 1.48. The Morgan fingerprint density at radius 3 is 2.25 bits per heavy atom. The van der Waals surface area contributed by atoms with E-state index in [-0.39, 0.29) is 12.0 Å². The summed E-state index contributed by atoms with van der Waals surface area (Å²) in [6, 6.07) is 9.85. The lowest BCUT2D eigenvalue weighted by Crippen LogP contribution is -2.51. The number of carbonyl (C=O) groups is 1. The Morgan fingerprint density at radius 1 is 1.25 bits per heavy atom. The highest BCUT2D eigenvalue weighted by Gasteiger charge is 2.32. The highest BCUT2D eigenvalue weighted by molar-refractivity contribution is 5.74. The van der Waals surface area contributed by atoms with Crippen LogP contribution >= 0.6 is 0 Å². The molecule has 0 aliphatic heterocycles. The number of rotatable bonds is 4. The first-order chi connectivity index (χ1) is 7.45. The van der Waals surface area contributed by atoms with Crippen LogP contribution in [0.25, 0.3) is 0 Å². The number of likely N-dealkylation sites (N-methyl/N-ethyl adjacent to an activating group) is 1. The average molecular weight is 222 g/mol. The van der Waals surface area contributed by atoms with E-state index in [2.05, 4.69) is 0 Å². The molecule has 1 rings (SSSR count). The van der Waals surface area contributed by atoms with Gasteiger partial charge in [-0.2, -0.15) is 0 Å². The quantitative estimate of drug-likeness (QED) is 0.570. The van der Waals surface area contributed by atoms with Crippen LogP contribution in [-0.4, -0.2) is 44.7 Å². The minimum Gasteiger partial charge on any atom is -0.465 e. The summed E-state index contributed by atoms with van der Waals surface area (Å²) in [5.41, 5.74) is 1.16. The highest BCUT2D eigenvalue weighted by Crippen LogP contribution is 2.12. The fourth-order valence-electron chi connectivity index (χ4n) is 1.65. The van der Waals surface area contributed by atoms with Gasteiger partial charge in [0.15, 0.2) is 6.04 Å². The van der Waals surface area contributed by atoms with Gasteiger partial charge in [0, 0.05) is 6.42 Å². The highest BCUT2D eigenvalue weighted by atomic mass is 16.5. The number of hydrogen-bond acceptors (Lipinski definition) is 2. The molecule has 0 saturated heterocycles. The number of hydrogen-bond donors (Lipinski definition) is 0. The SMILES string of the molecule is COC(=O)[C@H](Cc1ccccc1)[N+](C)(C)C. The molecule has 3 heteroatoms. The van der Waals surface area contributed by atoms with Crippen LogP contribution in [-0.2, 0) is 16.0 Å². The second kappa shape index (κ2) is 5.12. The molecule has 0 N–H and O–H groups in total. The lowest BCUT2D eigenvalue weighted by atomic mass is 10.0. The van der Waals surface area contributed by atoms with Crippen LogP contribution in [0, 0.1) is 0 Å². The molecule has 0 radical (unpaired) electrons. The van der Waals surface area contributed by atoms with E-state index >= 15 is 0 Å². The minimum atomic E-state index is -0.160. The van der Waals surface area contributed by atoms with Crippen molar-refractivity contribution in [1.29, 1.82) is 0 Å². The predicted molar refractivity (Wildman–Crippen MR) is 64.0 cm³/mol. The Balaban J connectivity index is 2.84. The number of methoxy groups -OCH3 is 1. The Bertz CT molecular complexity index is 341. The third-order valence-corrected chi connectivity index (χ3v) is 2.68. The van der Waals surface area contributed by atoms with Crippen molar-refractivity contribution in [3.05, 3.63) is 35.9 Å². The molecular formula is C13H20NO2+. The first-order valence-corrected chi connectivity index (χ1v) is 5.38. The smallest absolute Gasteiger partial charge is 0.365 e. The fourth-order valence-corrected chi connectivity index (χ4v) is 1.65. The summed E-state index contributed by atoms with van der Waals surface area (Å²) >= 11 is 0. The molecule has 0 aliphatic carbocycles. The molecule has 0 aliphatic rings. The van der Waals surface area contributed by atoms with Crippen LogP contribution in [0.1, 0.15) is 5.56 Å². The molecule has 0 aromatic heterocycles. The lowest BCUT2D eigenvalue weighted by molar-refractivity contribution is -0.887. The Kier molecular flexibility index (Phi) is 4.07. The summed E-state index contributed by atoms with van der Waals surface area (Å²) < 4.78 is 5.43. The Labute approximate surface area is 97.2 Å². The van der Waals surface area contributed by atoms with Gasteiger partial charge in [0.2, 0.25) is 0 Å². The van der Waals surface area contributed by atoms with Gasteiger partial charge in [-0.25, -0.2) is 4.79 Å². The first kappa shape index (κ1) is 12.7. The molecule has 88 valence electrons. The molecular weight excluding hydrogens is 202 g/mol. The zero-order chi connectivity index (χ0) is 12.2. The molecule has 0 saturated carbocycles. The van der Waals surface area contributed by atoms with Crippen LogP contribution in [0.4, 0.5) is 0 Å². The van der Waals surface area contributed by atoms with Gasteiger partial charge in [-0.05, 0) is 5.56 Å². The molecule has 0 unspecified atom stereocenters. The van der Waals surface area contributed by atoms with Crippen molar-refractivity contribution in [2.24, 2.45) is 0 Å². The van der Waals surface area contributed by atoms with E-state index in [1.807, 2.05) is 51.5 Å². The number of carbonyl (C=O) groups excluding carboxylic acids is 1. The lowest BCUT2D eigenvalue weighted by Gasteiger charge is -2.32. The van der Waals surface area contributed by atoms with Gasteiger partial charge in [0.1, 0.15) is 0 Å². The average Bonchev–Trinajstić information content (AvgIpc) is 2.25. The van der Waals surface area contributed by atoms with Crippen molar-refractivity contribution in [2.75, 3.05) is 28.3 Å². The van der Waals surface area contributed by atoms with E-state index in [0.717, 1.165) is 5.56 Å². The van der Waals surface area contributed by atoms with Gasteiger partial charge >= 0.3 is 5.97 Å². The van der Waals surface area contributed by atoms with Crippen molar-refractivity contribution in [2.45, 2.75) is 12.5 Å². The van der Waals surface area contributed by atoms with E-state index in [1.165, 1.54) is 7.11 Å². The zero-order valence-corrected chi connectivity index (χ0v) is 10.4. The van der Waals surface area contributed by atoms with Crippen molar-refractivity contribution >= 4 is 5.97 Å². The monoisotopic (exact) mass is 222 g/mol. The third-order valence-electron chi connectivity index (χ3n) is 2.68. The van der Waals surface area contributed by atoms with Crippen molar-refractivity contribution in [1.82, 2.24) is 0 Å². The van der Waals surface area contributed by atoms with E-state index in [9.17, 15) is 4.79 Å². The zero-order valence-electron chi connectivity index (χ0n) is 10.4. The second-order valence-corrected chi connectivity index (χ2v) is 4.84. The molecule has 3 nitrogen and oxygen atoms in total. The van der Waals surface area contributed by atoms with Crippen molar-refractivity contribution in [3.8, 4) is 0 Å². The molecule has 0 fully saturated rings. The summed E-state index contributed by atoms with van der Waals surface area (Å²) in [6.45, 7) is 0. The Hall–Kier alpha value is -1.35. The van der Waals surface area contributed by atoms with E-state index in [0.29, 0.717) is 10.9 Å². The van der Waals surface area contributed by atoms with Gasteiger partial charge in [0.05, 0.1) is 28.3 Å². The minimum absolute atomic E-state index is 0.156. The topological polar surface area (TPSA) is 26.3 Å².